The number of carbonyl (C=O) groups is 1. The van der Waals surface area contributed by atoms with Crippen LogP contribution in [0.1, 0.15) is 5.69 Å². The lowest BCUT2D eigenvalue weighted by Crippen LogP contribution is -2.27. The number of hydrogen-bond acceptors (Lipinski definition) is 3. The topological polar surface area (TPSA) is 36.1 Å². The minimum Gasteiger partial charge on any atom is -0.362 e. The van der Waals surface area contributed by atoms with Crippen LogP contribution in [0, 0.1) is 0 Å². The van der Waals surface area contributed by atoms with Gasteiger partial charge in [0.1, 0.15) is 0 Å². The summed E-state index contributed by atoms with van der Waals surface area (Å²) in [5.41, 5.74) is 1.48. The van der Waals surface area contributed by atoms with Crippen LogP contribution < -0.4 is 4.90 Å². The van der Waals surface area contributed by atoms with Crippen LogP contribution in [-0.2, 0) is 4.79 Å². The number of thioether (sulfide) groups is 1. The lowest BCUT2D eigenvalue weighted by Gasteiger charge is -2.15. The predicted molar refractivity (Wildman–Crippen MR) is 87.9 cm³/mol. The van der Waals surface area contributed by atoms with Gasteiger partial charge in [0, 0.05) is 11.9 Å². The van der Waals surface area contributed by atoms with Crippen LogP contribution in [0.2, 0.25) is 5.02 Å². The van der Waals surface area contributed by atoms with E-state index in [1.165, 1.54) is 16.7 Å². The van der Waals surface area contributed by atoms with Gasteiger partial charge in [0.15, 0.2) is 4.32 Å². The van der Waals surface area contributed by atoms with Gasteiger partial charge in [-0.25, -0.2) is 0 Å². The Bertz CT molecular complexity index is 710. The van der Waals surface area contributed by atoms with Gasteiger partial charge in [-0.1, -0.05) is 47.7 Å². The maximum Gasteiger partial charge on any atom is 0.270 e. The number of anilines is 1. The molecule has 3 rings (SSSR count). The molecule has 0 bridgehead atoms. The molecule has 0 aliphatic carbocycles. The Morgan fingerprint density at radius 2 is 2.05 bits per heavy atom. The van der Waals surface area contributed by atoms with E-state index in [0.717, 1.165) is 5.69 Å². The second kappa shape index (κ2) is 5.44. The van der Waals surface area contributed by atoms with Crippen molar-refractivity contribution in [2.45, 2.75) is 0 Å². The van der Waals surface area contributed by atoms with Crippen LogP contribution in [0.25, 0.3) is 6.08 Å². The molecule has 1 amide bonds. The van der Waals surface area contributed by atoms with Crippen LogP contribution in [0.15, 0.2) is 47.5 Å². The smallest absolute Gasteiger partial charge is 0.270 e. The summed E-state index contributed by atoms with van der Waals surface area (Å²) in [6.45, 7) is 0. The quantitative estimate of drug-likeness (QED) is 0.669. The van der Waals surface area contributed by atoms with Crippen molar-refractivity contribution in [1.29, 1.82) is 0 Å². The molecule has 0 saturated carbocycles. The van der Waals surface area contributed by atoms with Crippen LogP contribution in [0.3, 0.4) is 0 Å². The zero-order valence-electron chi connectivity index (χ0n) is 10.2. The molecule has 1 aliphatic rings. The number of halogens is 1. The van der Waals surface area contributed by atoms with Crippen molar-refractivity contribution in [3.8, 4) is 0 Å². The minimum absolute atomic E-state index is 0.150. The highest BCUT2D eigenvalue weighted by atomic mass is 35.5. The van der Waals surface area contributed by atoms with Gasteiger partial charge in [-0.15, -0.1) is 0 Å². The van der Waals surface area contributed by atoms with Gasteiger partial charge < -0.3 is 4.98 Å². The first-order valence-corrected chi connectivity index (χ1v) is 7.43. The highest BCUT2D eigenvalue weighted by Crippen LogP contribution is 2.38. The fourth-order valence-electron chi connectivity index (χ4n) is 1.88. The van der Waals surface area contributed by atoms with Gasteiger partial charge in [0.25, 0.3) is 5.91 Å². The van der Waals surface area contributed by atoms with Crippen LogP contribution in [0.4, 0.5) is 5.69 Å². The van der Waals surface area contributed by atoms with E-state index < -0.39 is 0 Å². The second-order valence-electron chi connectivity index (χ2n) is 4.09. The highest BCUT2D eigenvalue weighted by molar-refractivity contribution is 8.27. The van der Waals surface area contributed by atoms with Crippen molar-refractivity contribution in [3.63, 3.8) is 0 Å². The van der Waals surface area contributed by atoms with Crippen LogP contribution in [-0.4, -0.2) is 15.2 Å². The van der Waals surface area contributed by atoms with E-state index in [1.54, 1.807) is 24.4 Å². The van der Waals surface area contributed by atoms with Gasteiger partial charge in [-0.2, -0.15) is 0 Å². The standard InChI is InChI=1S/C14H9ClN2OS2/c15-10-5-1-2-6-11(10)17-13(18)12(20-14(17)19)8-9-4-3-7-16-9/h1-8,16H. The van der Waals surface area contributed by atoms with E-state index in [-0.39, 0.29) is 5.91 Å². The molecule has 1 aromatic heterocycles. The van der Waals surface area contributed by atoms with E-state index >= 15 is 0 Å². The Labute approximate surface area is 130 Å². The normalized spacial score (nSPS) is 17.2. The van der Waals surface area contributed by atoms with Gasteiger partial charge in [-0.3, -0.25) is 9.69 Å². The molecule has 100 valence electrons. The van der Waals surface area contributed by atoms with E-state index in [2.05, 4.69) is 4.98 Å². The number of H-pyrrole nitrogens is 1. The molecule has 1 saturated heterocycles. The van der Waals surface area contributed by atoms with Gasteiger partial charge >= 0.3 is 0 Å². The highest BCUT2D eigenvalue weighted by Gasteiger charge is 2.34. The molecule has 2 aromatic rings. The third-order valence-electron chi connectivity index (χ3n) is 2.80. The Morgan fingerprint density at radius 1 is 1.25 bits per heavy atom. The van der Waals surface area contributed by atoms with Crippen molar-refractivity contribution in [3.05, 3.63) is 58.2 Å². The summed E-state index contributed by atoms with van der Waals surface area (Å²) in [5, 5.41) is 0.505. The van der Waals surface area contributed by atoms with Crippen LogP contribution >= 0.6 is 35.6 Å². The van der Waals surface area contributed by atoms with Gasteiger partial charge in [0.05, 0.1) is 15.6 Å². The first-order valence-electron chi connectivity index (χ1n) is 5.83. The summed E-state index contributed by atoms with van der Waals surface area (Å²) in [6, 6.07) is 10.9. The monoisotopic (exact) mass is 320 g/mol. The molecule has 3 nitrogen and oxygen atoms in total. The zero-order valence-corrected chi connectivity index (χ0v) is 12.6. The zero-order chi connectivity index (χ0) is 14.1. The summed E-state index contributed by atoms with van der Waals surface area (Å²) in [6.07, 6.45) is 3.59. The number of nitrogens with zero attached hydrogens (tertiary/aromatic N) is 1. The molecule has 20 heavy (non-hydrogen) atoms. The number of benzene rings is 1. The van der Waals surface area contributed by atoms with E-state index in [9.17, 15) is 4.79 Å². The summed E-state index contributed by atoms with van der Waals surface area (Å²) >= 11 is 12.7. The third kappa shape index (κ3) is 2.40. The number of carbonyl (C=O) groups excluding carboxylic acids is 1. The molecular weight excluding hydrogens is 312 g/mol. The second-order valence-corrected chi connectivity index (χ2v) is 6.18. The largest absolute Gasteiger partial charge is 0.362 e. The number of rotatable bonds is 2. The molecule has 1 fully saturated rings. The lowest BCUT2D eigenvalue weighted by molar-refractivity contribution is -0.113. The Kier molecular flexibility index (Phi) is 3.65. The SMILES string of the molecule is O=C1C(=Cc2ccc[nH]2)SC(=S)N1c1ccccc1Cl. The number of thiocarbonyl (C=S) groups is 1. The van der Waals surface area contributed by atoms with Crippen molar-refractivity contribution < 1.29 is 4.79 Å². The fourth-order valence-corrected chi connectivity index (χ4v) is 3.38. The molecule has 1 N–H and O–H groups in total. The molecule has 0 unspecified atom stereocenters. The number of nitrogens with one attached hydrogen (secondary N) is 1. The Hall–Kier alpha value is -1.56. The summed E-state index contributed by atoms with van der Waals surface area (Å²) in [5.74, 6) is -0.150. The molecule has 2 heterocycles. The van der Waals surface area contributed by atoms with Crippen LogP contribution in [0.5, 0.6) is 0 Å². The summed E-state index contributed by atoms with van der Waals surface area (Å²) in [4.78, 5) is 17.6. The molecule has 1 aliphatic heterocycles. The first-order chi connectivity index (χ1) is 9.66. The van der Waals surface area contributed by atoms with Gasteiger partial charge in [0.2, 0.25) is 0 Å². The number of aromatic amines is 1. The number of amides is 1. The average Bonchev–Trinajstić information content (AvgIpc) is 3.01. The van der Waals surface area contributed by atoms with Crippen molar-refractivity contribution in [1.82, 2.24) is 4.98 Å². The molecule has 0 atom stereocenters. The average molecular weight is 321 g/mol. The maximum absolute atomic E-state index is 12.5. The predicted octanol–water partition coefficient (Wildman–Crippen LogP) is 4.07. The van der Waals surface area contributed by atoms with Crippen molar-refractivity contribution in [2.24, 2.45) is 0 Å². The number of hydrogen-bond donors (Lipinski definition) is 1. The Balaban J connectivity index is 1.98. The minimum atomic E-state index is -0.150. The third-order valence-corrected chi connectivity index (χ3v) is 4.42. The first kappa shape index (κ1) is 13.4. The van der Waals surface area contributed by atoms with Gasteiger partial charge in [-0.05, 0) is 30.3 Å². The maximum atomic E-state index is 12.5. The summed E-state index contributed by atoms with van der Waals surface area (Å²) < 4.78 is 0.487. The Morgan fingerprint density at radius 3 is 2.75 bits per heavy atom. The van der Waals surface area contributed by atoms with E-state index in [0.29, 0.717) is 19.9 Å². The number of para-hydroxylation sites is 1. The lowest BCUT2D eigenvalue weighted by atomic mass is 10.3. The summed E-state index contributed by atoms with van der Waals surface area (Å²) in [7, 11) is 0. The number of aromatic nitrogens is 1. The fraction of sp³-hybridized carbons (Fsp3) is 0. The van der Waals surface area contributed by atoms with E-state index in [4.69, 9.17) is 23.8 Å². The molecule has 0 radical (unpaired) electrons. The van der Waals surface area contributed by atoms with E-state index in [1.807, 2.05) is 24.3 Å². The molecule has 6 heteroatoms. The molecular formula is C14H9ClN2OS2. The molecule has 0 spiro atoms. The van der Waals surface area contributed by atoms with Crippen molar-refractivity contribution >= 4 is 57.6 Å². The van der Waals surface area contributed by atoms with Crippen molar-refractivity contribution in [2.75, 3.05) is 4.90 Å². The molecule has 1 aromatic carbocycles.